The molecule has 1 nitrogen and oxygen atoms in total. The van der Waals surface area contributed by atoms with Crippen LogP contribution in [0.15, 0.2) is 84.0 Å². The first-order chi connectivity index (χ1) is 11.4. The normalized spacial score (nSPS) is 24.7. The van der Waals surface area contributed by atoms with Gasteiger partial charge < -0.3 is 5.32 Å². The van der Waals surface area contributed by atoms with E-state index < -0.39 is 0 Å². The number of hydrogen-bond acceptors (Lipinski definition) is 1. The minimum atomic E-state index is 0.383. The Labute approximate surface area is 136 Å². The van der Waals surface area contributed by atoms with Gasteiger partial charge in [-0.15, -0.1) is 0 Å². The van der Waals surface area contributed by atoms with Gasteiger partial charge in [-0.3, -0.25) is 0 Å². The van der Waals surface area contributed by atoms with E-state index in [9.17, 15) is 0 Å². The molecule has 2 aromatic rings. The maximum absolute atomic E-state index is 3.72. The van der Waals surface area contributed by atoms with Crippen molar-refractivity contribution in [3.63, 3.8) is 0 Å². The van der Waals surface area contributed by atoms with Crippen LogP contribution in [0.1, 0.15) is 24.3 Å². The number of hydrogen-bond donors (Lipinski definition) is 1. The Morgan fingerprint density at radius 3 is 2.65 bits per heavy atom. The standard InChI is InChI=1S/C22H19N/c1-2-7-15(8-3-1)18-11-6-12-20-22(18)19-13-16-9-4-5-10-17(16)14-21(19)23-20/h1-2,4-7,9-14,20,22-23H,3,8H2. The van der Waals surface area contributed by atoms with Gasteiger partial charge in [0.15, 0.2) is 0 Å². The first kappa shape index (κ1) is 13.0. The van der Waals surface area contributed by atoms with E-state index >= 15 is 0 Å². The van der Waals surface area contributed by atoms with Crippen LogP contribution in [0.25, 0.3) is 10.8 Å². The van der Waals surface area contributed by atoms with Crippen molar-refractivity contribution in [2.45, 2.75) is 24.8 Å². The molecule has 0 spiro atoms. The van der Waals surface area contributed by atoms with Crippen LogP contribution in [-0.4, -0.2) is 6.04 Å². The van der Waals surface area contributed by atoms with Gasteiger partial charge in [-0.1, -0.05) is 60.7 Å². The second-order valence-electron chi connectivity index (χ2n) is 6.60. The predicted octanol–water partition coefficient (Wildman–Crippen LogP) is 5.49. The molecule has 0 fully saturated rings. The Bertz CT molecular complexity index is 911. The molecule has 112 valence electrons. The summed E-state index contributed by atoms with van der Waals surface area (Å²) in [6, 6.07) is 13.7. The smallest absolute Gasteiger partial charge is 0.0557 e. The minimum absolute atomic E-state index is 0.383. The van der Waals surface area contributed by atoms with Gasteiger partial charge in [0.05, 0.1) is 6.04 Å². The maximum Gasteiger partial charge on any atom is 0.0557 e. The SMILES string of the molecule is C1=CCCC(C2=CC=CC3Nc4cc5ccccc5cc4C23)=C1. The van der Waals surface area contributed by atoms with Crippen LogP contribution in [-0.2, 0) is 0 Å². The summed E-state index contributed by atoms with van der Waals surface area (Å²) >= 11 is 0. The number of nitrogens with one attached hydrogen (secondary N) is 1. The molecule has 0 bridgehead atoms. The molecule has 1 heterocycles. The average Bonchev–Trinajstić information content (AvgIpc) is 2.98. The molecule has 5 rings (SSSR count). The summed E-state index contributed by atoms with van der Waals surface area (Å²) in [5.74, 6) is 0.442. The van der Waals surface area contributed by atoms with Crippen molar-refractivity contribution in [2.75, 3.05) is 5.32 Å². The molecule has 1 aliphatic heterocycles. The van der Waals surface area contributed by atoms with Crippen LogP contribution in [0.2, 0.25) is 0 Å². The van der Waals surface area contributed by atoms with Crippen molar-refractivity contribution < 1.29 is 0 Å². The number of benzene rings is 2. The van der Waals surface area contributed by atoms with Gasteiger partial charge in [-0.05, 0) is 52.5 Å². The van der Waals surface area contributed by atoms with Gasteiger partial charge in [0, 0.05) is 11.6 Å². The molecule has 0 saturated carbocycles. The zero-order chi connectivity index (χ0) is 15.2. The maximum atomic E-state index is 3.72. The van der Waals surface area contributed by atoms with Crippen LogP contribution in [0.5, 0.6) is 0 Å². The number of anilines is 1. The molecule has 2 aliphatic carbocycles. The van der Waals surface area contributed by atoms with Crippen LogP contribution in [0, 0.1) is 0 Å². The van der Waals surface area contributed by atoms with E-state index in [0.717, 1.165) is 12.8 Å². The highest BCUT2D eigenvalue weighted by Crippen LogP contribution is 2.47. The van der Waals surface area contributed by atoms with E-state index in [0.29, 0.717) is 12.0 Å². The summed E-state index contributed by atoms with van der Waals surface area (Å²) in [5.41, 5.74) is 5.72. The van der Waals surface area contributed by atoms with Crippen molar-refractivity contribution in [1.82, 2.24) is 0 Å². The van der Waals surface area contributed by atoms with E-state index in [1.807, 2.05) is 0 Å². The van der Waals surface area contributed by atoms with Gasteiger partial charge in [0.25, 0.3) is 0 Å². The highest BCUT2D eigenvalue weighted by Gasteiger charge is 2.35. The van der Waals surface area contributed by atoms with Crippen LogP contribution in [0.4, 0.5) is 5.69 Å². The quantitative estimate of drug-likeness (QED) is 0.734. The highest BCUT2D eigenvalue weighted by molar-refractivity contribution is 5.89. The summed E-state index contributed by atoms with van der Waals surface area (Å²) in [6.07, 6.45) is 15.9. The molecule has 0 aromatic heterocycles. The minimum Gasteiger partial charge on any atom is -0.378 e. The van der Waals surface area contributed by atoms with E-state index in [2.05, 4.69) is 78.2 Å². The summed E-state index contributed by atoms with van der Waals surface area (Å²) in [5, 5.41) is 6.37. The number of allylic oxidation sites excluding steroid dienone is 6. The van der Waals surface area contributed by atoms with Gasteiger partial charge in [0.2, 0.25) is 0 Å². The van der Waals surface area contributed by atoms with Crippen LogP contribution in [0.3, 0.4) is 0 Å². The van der Waals surface area contributed by atoms with E-state index in [1.54, 1.807) is 0 Å². The molecule has 0 radical (unpaired) electrons. The third-order valence-corrected chi connectivity index (χ3v) is 5.25. The van der Waals surface area contributed by atoms with Crippen molar-refractivity contribution in [1.29, 1.82) is 0 Å². The molecule has 2 atom stereocenters. The van der Waals surface area contributed by atoms with Crippen LogP contribution >= 0.6 is 0 Å². The van der Waals surface area contributed by atoms with Crippen molar-refractivity contribution in [3.8, 4) is 0 Å². The highest BCUT2D eigenvalue weighted by atomic mass is 15.0. The third-order valence-electron chi connectivity index (χ3n) is 5.25. The van der Waals surface area contributed by atoms with Crippen molar-refractivity contribution in [3.05, 3.63) is 89.6 Å². The fraction of sp³-hybridized carbons (Fsp3) is 0.182. The van der Waals surface area contributed by atoms with Crippen molar-refractivity contribution in [2.24, 2.45) is 0 Å². The Balaban J connectivity index is 1.66. The molecule has 0 amide bonds. The first-order valence-corrected chi connectivity index (χ1v) is 8.44. The molecule has 0 saturated heterocycles. The fourth-order valence-corrected chi connectivity index (χ4v) is 4.15. The van der Waals surface area contributed by atoms with E-state index in [1.165, 1.54) is 33.2 Å². The lowest BCUT2D eigenvalue weighted by atomic mass is 9.78. The molecule has 3 aliphatic rings. The van der Waals surface area contributed by atoms with Crippen LogP contribution < -0.4 is 5.32 Å². The average molecular weight is 297 g/mol. The summed E-state index contributed by atoms with van der Waals surface area (Å²) in [7, 11) is 0. The van der Waals surface area contributed by atoms with E-state index in [4.69, 9.17) is 0 Å². The zero-order valence-corrected chi connectivity index (χ0v) is 13.0. The second kappa shape index (κ2) is 4.99. The molecule has 1 heteroatoms. The Hall–Kier alpha value is -2.54. The summed E-state index contributed by atoms with van der Waals surface area (Å²) in [4.78, 5) is 0. The monoisotopic (exact) mass is 297 g/mol. The lowest BCUT2D eigenvalue weighted by molar-refractivity contribution is 0.751. The van der Waals surface area contributed by atoms with Gasteiger partial charge in [-0.2, -0.15) is 0 Å². The fourth-order valence-electron chi connectivity index (χ4n) is 4.15. The summed E-state index contributed by atoms with van der Waals surface area (Å²) < 4.78 is 0. The summed E-state index contributed by atoms with van der Waals surface area (Å²) in [6.45, 7) is 0. The Kier molecular flexibility index (Phi) is 2.81. The van der Waals surface area contributed by atoms with Gasteiger partial charge >= 0.3 is 0 Å². The lowest BCUT2D eigenvalue weighted by Gasteiger charge is -2.26. The van der Waals surface area contributed by atoms with E-state index in [-0.39, 0.29) is 0 Å². The number of rotatable bonds is 1. The molecular formula is C22H19N. The molecule has 2 aromatic carbocycles. The lowest BCUT2D eigenvalue weighted by Crippen LogP contribution is -2.22. The molecule has 23 heavy (non-hydrogen) atoms. The van der Waals surface area contributed by atoms with Crippen molar-refractivity contribution >= 4 is 16.5 Å². The first-order valence-electron chi connectivity index (χ1n) is 8.44. The van der Waals surface area contributed by atoms with Gasteiger partial charge in [0.1, 0.15) is 0 Å². The largest absolute Gasteiger partial charge is 0.378 e. The molecule has 1 N–H and O–H groups in total. The van der Waals surface area contributed by atoms with Gasteiger partial charge in [-0.25, -0.2) is 0 Å². The Morgan fingerprint density at radius 1 is 0.957 bits per heavy atom. The topological polar surface area (TPSA) is 12.0 Å². The third kappa shape index (κ3) is 2.00. The molecular weight excluding hydrogens is 278 g/mol. The number of fused-ring (bicyclic) bond motifs is 4. The zero-order valence-electron chi connectivity index (χ0n) is 13.0. The predicted molar refractivity (Wildman–Crippen MR) is 97.8 cm³/mol. The Morgan fingerprint density at radius 2 is 1.83 bits per heavy atom. The second-order valence-corrected chi connectivity index (χ2v) is 6.60. The molecule has 2 unspecified atom stereocenters.